The van der Waals surface area contributed by atoms with E-state index < -0.39 is 0 Å². The minimum atomic E-state index is -0.00867. The van der Waals surface area contributed by atoms with Crippen molar-refractivity contribution >= 4 is 40.1 Å². The summed E-state index contributed by atoms with van der Waals surface area (Å²) in [7, 11) is 3.18. The molecule has 194 valence electrons. The summed E-state index contributed by atoms with van der Waals surface area (Å²) in [5.74, 6) is 2.27. The summed E-state index contributed by atoms with van der Waals surface area (Å²) in [6, 6.07) is 19.2. The fourth-order valence-electron chi connectivity index (χ4n) is 4.39. The number of amides is 1. The summed E-state index contributed by atoms with van der Waals surface area (Å²) in [5.41, 5.74) is 3.80. The van der Waals surface area contributed by atoms with Crippen molar-refractivity contribution in [3.63, 3.8) is 0 Å². The highest BCUT2D eigenvalue weighted by Gasteiger charge is 2.14. The Labute approximate surface area is 227 Å². The molecule has 0 aliphatic carbocycles. The quantitative estimate of drug-likeness (QED) is 0.209. The standard InChI is InChI=1S/C29H31Cl2N3O3/c1-36-26-15-14-20(17-27(26)37-2)18-29(35)32-16-7-3-4-13-28-33-24-11-5-6-12-25(24)34(28)19-21-22(30)9-8-10-23(21)31/h5-6,8-12,14-15,17H,3-4,7,13,16,18-19H2,1-2H3,(H,32,35). The first-order valence-corrected chi connectivity index (χ1v) is 13.1. The second-order valence-electron chi connectivity index (χ2n) is 8.83. The molecule has 0 atom stereocenters. The first kappa shape index (κ1) is 26.8. The van der Waals surface area contributed by atoms with E-state index in [2.05, 4.69) is 16.0 Å². The number of nitrogens with one attached hydrogen (secondary N) is 1. The lowest BCUT2D eigenvalue weighted by Crippen LogP contribution is -2.26. The number of aryl methyl sites for hydroxylation is 1. The summed E-state index contributed by atoms with van der Waals surface area (Å²) >= 11 is 12.9. The van der Waals surface area contributed by atoms with E-state index in [-0.39, 0.29) is 5.91 Å². The van der Waals surface area contributed by atoms with Gasteiger partial charge in [0, 0.05) is 28.6 Å². The number of aromatic nitrogens is 2. The maximum Gasteiger partial charge on any atom is 0.224 e. The van der Waals surface area contributed by atoms with Gasteiger partial charge in [0.15, 0.2) is 11.5 Å². The predicted octanol–water partition coefficient (Wildman–Crippen LogP) is 6.48. The predicted molar refractivity (Wildman–Crippen MR) is 149 cm³/mol. The van der Waals surface area contributed by atoms with E-state index in [0.29, 0.717) is 41.1 Å². The molecule has 1 aromatic heterocycles. The number of carbonyl (C=O) groups excluding carboxylic acids is 1. The van der Waals surface area contributed by atoms with Gasteiger partial charge in [0.25, 0.3) is 0 Å². The van der Waals surface area contributed by atoms with Gasteiger partial charge in [-0.2, -0.15) is 0 Å². The zero-order valence-corrected chi connectivity index (χ0v) is 22.6. The third-order valence-corrected chi connectivity index (χ3v) is 7.03. The minimum absolute atomic E-state index is 0.00867. The second-order valence-corrected chi connectivity index (χ2v) is 9.64. The lowest BCUT2D eigenvalue weighted by atomic mass is 10.1. The summed E-state index contributed by atoms with van der Waals surface area (Å²) < 4.78 is 12.8. The van der Waals surface area contributed by atoms with Crippen molar-refractivity contribution in [1.82, 2.24) is 14.9 Å². The fourth-order valence-corrected chi connectivity index (χ4v) is 4.90. The van der Waals surface area contributed by atoms with Crippen molar-refractivity contribution in [1.29, 1.82) is 0 Å². The first-order valence-electron chi connectivity index (χ1n) is 12.3. The van der Waals surface area contributed by atoms with Crippen LogP contribution in [0.5, 0.6) is 11.5 Å². The lowest BCUT2D eigenvalue weighted by molar-refractivity contribution is -0.120. The summed E-state index contributed by atoms with van der Waals surface area (Å²) in [4.78, 5) is 17.3. The van der Waals surface area contributed by atoms with Crippen molar-refractivity contribution in [2.24, 2.45) is 0 Å². The Morgan fingerprint density at radius 3 is 2.43 bits per heavy atom. The smallest absolute Gasteiger partial charge is 0.224 e. The topological polar surface area (TPSA) is 65.4 Å². The summed E-state index contributed by atoms with van der Waals surface area (Å²) in [6.07, 6.45) is 3.97. The molecule has 1 amide bonds. The molecule has 0 fully saturated rings. The molecule has 8 heteroatoms. The van der Waals surface area contributed by atoms with Crippen LogP contribution in [0.4, 0.5) is 0 Å². The van der Waals surface area contributed by atoms with E-state index in [1.54, 1.807) is 14.2 Å². The Kier molecular flexibility index (Phi) is 9.31. The van der Waals surface area contributed by atoms with Gasteiger partial charge in [-0.15, -0.1) is 0 Å². The third-order valence-electron chi connectivity index (χ3n) is 6.32. The van der Waals surface area contributed by atoms with Crippen molar-refractivity contribution in [2.45, 2.75) is 38.6 Å². The van der Waals surface area contributed by atoms with Crippen LogP contribution in [0.15, 0.2) is 60.7 Å². The molecule has 3 aromatic carbocycles. The number of carbonyl (C=O) groups is 1. The van der Waals surface area contributed by atoms with Crippen LogP contribution in [0, 0.1) is 0 Å². The van der Waals surface area contributed by atoms with Crippen LogP contribution >= 0.6 is 23.2 Å². The highest BCUT2D eigenvalue weighted by atomic mass is 35.5. The van der Waals surface area contributed by atoms with Crippen molar-refractivity contribution < 1.29 is 14.3 Å². The third kappa shape index (κ3) is 6.76. The number of hydrogen-bond donors (Lipinski definition) is 1. The molecule has 0 unspecified atom stereocenters. The normalized spacial score (nSPS) is 11.0. The Bertz CT molecular complexity index is 1350. The van der Waals surface area contributed by atoms with Crippen LogP contribution in [0.3, 0.4) is 0 Å². The van der Waals surface area contributed by atoms with E-state index in [9.17, 15) is 4.79 Å². The molecule has 0 aliphatic heterocycles. The number of nitrogens with zero attached hydrogens (tertiary/aromatic N) is 2. The number of rotatable bonds is 12. The van der Waals surface area contributed by atoms with Crippen LogP contribution in [0.1, 0.15) is 36.2 Å². The monoisotopic (exact) mass is 539 g/mol. The molecule has 0 saturated carbocycles. The average molecular weight is 540 g/mol. The van der Waals surface area contributed by atoms with Gasteiger partial charge in [0.2, 0.25) is 5.91 Å². The van der Waals surface area contributed by atoms with Gasteiger partial charge in [-0.3, -0.25) is 4.79 Å². The van der Waals surface area contributed by atoms with E-state index in [0.717, 1.165) is 53.7 Å². The molecule has 1 N–H and O–H groups in total. The van der Waals surface area contributed by atoms with Gasteiger partial charge >= 0.3 is 0 Å². The van der Waals surface area contributed by atoms with Gasteiger partial charge < -0.3 is 19.4 Å². The average Bonchev–Trinajstić information content (AvgIpc) is 3.25. The first-order chi connectivity index (χ1) is 18.0. The zero-order valence-electron chi connectivity index (χ0n) is 21.1. The molecule has 0 aliphatic rings. The highest BCUT2D eigenvalue weighted by molar-refractivity contribution is 6.36. The van der Waals surface area contributed by atoms with Gasteiger partial charge in [-0.25, -0.2) is 4.98 Å². The molecule has 6 nitrogen and oxygen atoms in total. The number of fused-ring (bicyclic) bond motifs is 1. The largest absolute Gasteiger partial charge is 0.493 e. The van der Waals surface area contributed by atoms with Crippen molar-refractivity contribution in [2.75, 3.05) is 20.8 Å². The summed E-state index contributed by atoms with van der Waals surface area (Å²) in [5, 5.41) is 4.32. The SMILES string of the molecule is COc1ccc(CC(=O)NCCCCCc2nc3ccccc3n2Cc2c(Cl)cccc2Cl)cc1OC. The van der Waals surface area contributed by atoms with Crippen LogP contribution in [-0.2, 0) is 24.2 Å². The number of para-hydroxylation sites is 2. The molecule has 0 spiro atoms. The molecule has 0 bridgehead atoms. The van der Waals surface area contributed by atoms with Crippen LogP contribution in [0.2, 0.25) is 10.0 Å². The minimum Gasteiger partial charge on any atom is -0.493 e. The zero-order chi connectivity index (χ0) is 26.2. The number of methoxy groups -OCH3 is 2. The molecular formula is C29H31Cl2N3O3. The molecule has 37 heavy (non-hydrogen) atoms. The molecule has 0 saturated heterocycles. The molecule has 1 heterocycles. The Morgan fingerprint density at radius 2 is 1.68 bits per heavy atom. The summed E-state index contributed by atoms with van der Waals surface area (Å²) in [6.45, 7) is 1.21. The van der Waals surface area contributed by atoms with E-state index in [4.69, 9.17) is 37.7 Å². The molecular weight excluding hydrogens is 509 g/mol. The van der Waals surface area contributed by atoms with Crippen molar-refractivity contribution in [3.05, 3.63) is 87.7 Å². The molecule has 4 aromatic rings. The molecule has 4 rings (SSSR count). The maximum absolute atomic E-state index is 12.4. The van der Waals surface area contributed by atoms with Gasteiger partial charge in [-0.05, 0) is 54.8 Å². The number of benzene rings is 3. The molecule has 0 radical (unpaired) electrons. The Morgan fingerprint density at radius 1 is 0.919 bits per heavy atom. The number of imidazole rings is 1. The van der Waals surface area contributed by atoms with Gasteiger partial charge in [-0.1, -0.05) is 53.9 Å². The number of unbranched alkanes of at least 4 members (excludes halogenated alkanes) is 2. The van der Waals surface area contributed by atoms with Gasteiger partial charge in [0.1, 0.15) is 5.82 Å². The van der Waals surface area contributed by atoms with Crippen molar-refractivity contribution in [3.8, 4) is 11.5 Å². The van der Waals surface area contributed by atoms with E-state index in [1.165, 1.54) is 0 Å². The Hall–Kier alpha value is -3.22. The fraction of sp³-hybridized carbons (Fsp3) is 0.310. The van der Waals surface area contributed by atoms with Crippen LogP contribution in [-0.4, -0.2) is 36.2 Å². The van der Waals surface area contributed by atoms with Crippen LogP contribution < -0.4 is 14.8 Å². The number of halogens is 2. The van der Waals surface area contributed by atoms with E-state index >= 15 is 0 Å². The number of ether oxygens (including phenoxy) is 2. The van der Waals surface area contributed by atoms with Gasteiger partial charge in [0.05, 0.1) is 38.2 Å². The second kappa shape index (κ2) is 12.8. The Balaban J connectivity index is 1.29. The van der Waals surface area contributed by atoms with Crippen LogP contribution in [0.25, 0.3) is 11.0 Å². The maximum atomic E-state index is 12.4. The van der Waals surface area contributed by atoms with E-state index in [1.807, 2.05) is 54.6 Å². The lowest BCUT2D eigenvalue weighted by Gasteiger charge is -2.12. The highest BCUT2D eigenvalue weighted by Crippen LogP contribution is 2.29. The number of hydrogen-bond acceptors (Lipinski definition) is 4.